The Morgan fingerprint density at radius 2 is 1.33 bits per heavy atom. The van der Waals surface area contributed by atoms with E-state index < -0.39 is 0 Å². The number of rotatable bonds is 3. The van der Waals surface area contributed by atoms with Crippen LogP contribution >= 0.6 is 0 Å². The number of hydrogen-bond acceptors (Lipinski definition) is 0. The van der Waals surface area contributed by atoms with Crippen molar-refractivity contribution >= 4 is 0 Å². The van der Waals surface area contributed by atoms with Crippen LogP contribution < -0.4 is 0 Å². The Morgan fingerprint density at radius 3 is 2.14 bits per heavy atom. The van der Waals surface area contributed by atoms with E-state index >= 15 is 0 Å². The Kier molecular flexibility index (Phi) is 3.65. The number of allylic oxidation sites excluding steroid dienone is 8. The fraction of sp³-hybridized carbons (Fsp3) is 0.143. The van der Waals surface area contributed by atoms with E-state index in [9.17, 15) is 0 Å². The Labute approximate surface area is 129 Å². The summed E-state index contributed by atoms with van der Waals surface area (Å²) in [6, 6.07) is 0. The van der Waals surface area contributed by atoms with Crippen molar-refractivity contribution in [3.05, 3.63) is 110 Å². The fourth-order valence-electron chi connectivity index (χ4n) is 3.44. The second kappa shape index (κ2) is 5.63. The molecule has 0 heteroatoms. The lowest BCUT2D eigenvalue weighted by molar-refractivity contribution is 0.587. The molecule has 0 bridgehead atoms. The quantitative estimate of drug-likeness (QED) is 0.705. The third kappa shape index (κ3) is 2.47. The lowest BCUT2D eigenvalue weighted by Crippen LogP contribution is -2.19. The standard InChI is InChI=1S/C21H18/c1-15(19-13-12-17-7-3-5-9-21(17)19)14-18-11-10-16-6-2-4-8-20(16)18/h2-13,15H,14H2,1H3. The molecule has 0 heterocycles. The van der Waals surface area contributed by atoms with Crippen LogP contribution in [0.2, 0.25) is 0 Å². The molecule has 2 fully saturated rings. The molecule has 1 atom stereocenters. The Morgan fingerprint density at radius 1 is 0.714 bits per heavy atom. The van der Waals surface area contributed by atoms with Gasteiger partial charge in [0, 0.05) is 23.7 Å². The molecule has 4 aliphatic rings. The van der Waals surface area contributed by atoms with Crippen LogP contribution in [-0.2, 0) is 0 Å². The van der Waals surface area contributed by atoms with Crippen LogP contribution in [0.3, 0.4) is 0 Å². The number of hydrogen-bond donors (Lipinski definition) is 0. The van der Waals surface area contributed by atoms with Crippen LogP contribution in [0.4, 0.5) is 0 Å². The molecule has 10 radical (unpaired) electrons. The Balaban J connectivity index is 1.41. The van der Waals surface area contributed by atoms with Gasteiger partial charge in [-0.15, -0.1) is 0 Å². The van der Waals surface area contributed by atoms with Gasteiger partial charge in [0.05, 0.1) is 0 Å². The average molecular weight is 270 g/mol. The first-order chi connectivity index (χ1) is 10.3. The molecular weight excluding hydrogens is 252 g/mol. The second-order valence-corrected chi connectivity index (χ2v) is 5.93. The van der Waals surface area contributed by atoms with Gasteiger partial charge in [0.2, 0.25) is 0 Å². The third-order valence-corrected chi connectivity index (χ3v) is 4.54. The van der Waals surface area contributed by atoms with Gasteiger partial charge in [-0.25, -0.2) is 0 Å². The molecule has 4 rings (SSSR count). The predicted octanol–water partition coefficient (Wildman–Crippen LogP) is 4.56. The summed E-state index contributed by atoms with van der Waals surface area (Å²) in [6.45, 7) is 2.34. The maximum Gasteiger partial charge on any atom is 0.0161 e. The molecular formula is C21H18. The molecule has 0 aromatic heterocycles. The Hall–Kier alpha value is -1.04. The van der Waals surface area contributed by atoms with Crippen molar-refractivity contribution in [1.29, 1.82) is 0 Å². The van der Waals surface area contributed by atoms with Gasteiger partial charge in [-0.05, 0) is 49.9 Å². The van der Waals surface area contributed by atoms with Gasteiger partial charge < -0.3 is 0 Å². The highest BCUT2D eigenvalue weighted by Crippen LogP contribution is 2.52. The highest BCUT2D eigenvalue weighted by atomic mass is 14.4. The van der Waals surface area contributed by atoms with Crippen molar-refractivity contribution in [2.24, 2.45) is 5.92 Å². The maximum absolute atomic E-state index is 2.34. The molecule has 1 unspecified atom stereocenters. The Bertz CT molecular complexity index is 492. The fourth-order valence-corrected chi connectivity index (χ4v) is 3.44. The van der Waals surface area contributed by atoms with Crippen LogP contribution in [0.5, 0.6) is 0 Å². The average Bonchev–Trinajstić information content (AvgIpc) is 3.12. The van der Waals surface area contributed by atoms with E-state index in [2.05, 4.69) is 81.2 Å². The SMILES string of the molecule is CC(C[C]1[CH][CH][C]2C=CC=C[C]21)[C]1[CH][CH][C]2C=CC=C[C]21. The van der Waals surface area contributed by atoms with Gasteiger partial charge in [0.25, 0.3) is 0 Å². The molecule has 0 amide bonds. The van der Waals surface area contributed by atoms with Gasteiger partial charge >= 0.3 is 0 Å². The van der Waals surface area contributed by atoms with E-state index in [4.69, 9.17) is 0 Å². The first-order valence-electron chi connectivity index (χ1n) is 7.60. The lowest BCUT2D eigenvalue weighted by Gasteiger charge is -2.29. The smallest absolute Gasteiger partial charge is 0.0161 e. The van der Waals surface area contributed by atoms with E-state index in [0.717, 1.165) is 6.42 Å². The zero-order valence-corrected chi connectivity index (χ0v) is 12.2. The van der Waals surface area contributed by atoms with E-state index in [1.165, 1.54) is 35.5 Å². The van der Waals surface area contributed by atoms with Crippen LogP contribution in [0.1, 0.15) is 13.3 Å². The van der Waals surface area contributed by atoms with E-state index in [0.29, 0.717) is 5.92 Å². The monoisotopic (exact) mass is 270 g/mol. The van der Waals surface area contributed by atoms with Crippen molar-refractivity contribution in [2.75, 3.05) is 0 Å². The van der Waals surface area contributed by atoms with Crippen molar-refractivity contribution in [2.45, 2.75) is 13.3 Å². The minimum Gasteiger partial charge on any atom is -0.0762 e. The molecule has 0 saturated heterocycles. The molecule has 0 aromatic carbocycles. The molecule has 4 aliphatic carbocycles. The maximum atomic E-state index is 2.34. The first-order valence-corrected chi connectivity index (χ1v) is 7.60. The summed E-state index contributed by atoms with van der Waals surface area (Å²) < 4.78 is 0. The highest BCUT2D eigenvalue weighted by molar-refractivity contribution is 5.65. The molecule has 0 N–H and O–H groups in total. The highest BCUT2D eigenvalue weighted by Gasteiger charge is 2.42. The molecule has 0 spiro atoms. The second-order valence-electron chi connectivity index (χ2n) is 5.93. The summed E-state index contributed by atoms with van der Waals surface area (Å²) in [5, 5.41) is 0. The van der Waals surface area contributed by atoms with Crippen molar-refractivity contribution in [1.82, 2.24) is 0 Å². The first kappa shape index (κ1) is 13.6. The van der Waals surface area contributed by atoms with Crippen LogP contribution in [0, 0.1) is 67.1 Å². The van der Waals surface area contributed by atoms with Gasteiger partial charge in [-0.2, -0.15) is 0 Å². The summed E-state index contributed by atoms with van der Waals surface area (Å²) in [5.41, 5.74) is 0. The zero-order valence-electron chi connectivity index (χ0n) is 12.2. The molecule has 0 aromatic rings. The topological polar surface area (TPSA) is 0 Å². The van der Waals surface area contributed by atoms with Crippen LogP contribution in [0.15, 0.2) is 48.6 Å². The minimum absolute atomic E-state index is 0.538. The van der Waals surface area contributed by atoms with Crippen molar-refractivity contribution < 1.29 is 0 Å². The largest absolute Gasteiger partial charge is 0.0762 e. The summed E-state index contributed by atoms with van der Waals surface area (Å²) >= 11 is 0. The summed E-state index contributed by atoms with van der Waals surface area (Å²) in [5.74, 6) is 8.98. The van der Waals surface area contributed by atoms with Gasteiger partial charge in [-0.1, -0.05) is 55.5 Å². The summed E-state index contributed by atoms with van der Waals surface area (Å²) in [6.07, 6.45) is 27.5. The minimum atomic E-state index is 0.538. The molecule has 2 saturated carbocycles. The predicted molar refractivity (Wildman–Crippen MR) is 87.0 cm³/mol. The molecule has 102 valence electrons. The summed E-state index contributed by atoms with van der Waals surface area (Å²) in [7, 11) is 0. The summed E-state index contributed by atoms with van der Waals surface area (Å²) in [4.78, 5) is 0. The molecule has 0 nitrogen and oxygen atoms in total. The van der Waals surface area contributed by atoms with E-state index in [-0.39, 0.29) is 0 Å². The molecule has 21 heavy (non-hydrogen) atoms. The van der Waals surface area contributed by atoms with Gasteiger partial charge in [0.15, 0.2) is 0 Å². The molecule has 0 aliphatic heterocycles. The van der Waals surface area contributed by atoms with Gasteiger partial charge in [-0.3, -0.25) is 0 Å². The van der Waals surface area contributed by atoms with Crippen molar-refractivity contribution in [3.8, 4) is 0 Å². The van der Waals surface area contributed by atoms with Crippen molar-refractivity contribution in [3.63, 3.8) is 0 Å². The zero-order chi connectivity index (χ0) is 14.2. The lowest BCUT2D eigenvalue weighted by atomic mass is 9.74. The van der Waals surface area contributed by atoms with E-state index in [1.54, 1.807) is 0 Å². The third-order valence-electron chi connectivity index (χ3n) is 4.54. The normalized spacial score (nSPS) is 29.4. The number of fused-ring (bicyclic) bond motifs is 2. The van der Waals surface area contributed by atoms with Crippen LogP contribution in [-0.4, -0.2) is 0 Å². The van der Waals surface area contributed by atoms with Gasteiger partial charge in [0.1, 0.15) is 0 Å². The van der Waals surface area contributed by atoms with E-state index in [1.807, 2.05) is 0 Å². The van der Waals surface area contributed by atoms with Crippen LogP contribution in [0.25, 0.3) is 0 Å².